The van der Waals surface area contributed by atoms with Crippen LogP contribution in [-0.4, -0.2) is 33.0 Å². The number of nitrogens with one attached hydrogen (secondary N) is 1. The van der Waals surface area contributed by atoms with Gasteiger partial charge < -0.3 is 19.5 Å². The van der Waals surface area contributed by atoms with Gasteiger partial charge in [-0.2, -0.15) is 0 Å². The van der Waals surface area contributed by atoms with Crippen LogP contribution in [0.1, 0.15) is 54.8 Å². The number of aryl methyl sites for hydroxylation is 1. The Morgan fingerprint density at radius 3 is 2.21 bits per heavy atom. The van der Waals surface area contributed by atoms with Gasteiger partial charge in [0.05, 0.1) is 38.7 Å². The fourth-order valence-corrected chi connectivity index (χ4v) is 5.67. The summed E-state index contributed by atoms with van der Waals surface area (Å²) < 4.78 is 16.7. The Bertz CT molecular complexity index is 1420. The fraction of sp³-hybridized carbons (Fsp3) is 0.312. The SMILES string of the molecule is CCC(=O)N1c2ccccc2NC2=C(C(=O)C[C@@H](c3cc(OC)c(OC)c(OC)c3)C2)[C@H]1c1ccc(C)cc1. The van der Waals surface area contributed by atoms with Crippen LogP contribution in [0.3, 0.4) is 0 Å². The normalized spacial score (nSPS) is 18.5. The molecule has 7 nitrogen and oxygen atoms in total. The first-order valence-corrected chi connectivity index (χ1v) is 13.2. The second-order valence-electron chi connectivity index (χ2n) is 9.95. The molecule has 202 valence electrons. The summed E-state index contributed by atoms with van der Waals surface area (Å²) in [6, 6.07) is 19.2. The molecule has 0 spiro atoms. The quantitative estimate of drug-likeness (QED) is 0.404. The summed E-state index contributed by atoms with van der Waals surface area (Å²) in [4.78, 5) is 29.5. The molecule has 3 aromatic rings. The molecule has 2 aliphatic rings. The Hall–Kier alpha value is -4.26. The van der Waals surface area contributed by atoms with Crippen molar-refractivity contribution in [3.05, 3.63) is 88.6 Å². The van der Waals surface area contributed by atoms with Crippen molar-refractivity contribution in [2.75, 3.05) is 31.5 Å². The highest BCUT2D eigenvalue weighted by atomic mass is 16.5. The predicted octanol–water partition coefficient (Wildman–Crippen LogP) is 6.33. The number of hydrogen-bond donors (Lipinski definition) is 1. The minimum Gasteiger partial charge on any atom is -0.493 e. The zero-order valence-electron chi connectivity index (χ0n) is 23.0. The first kappa shape index (κ1) is 26.4. The van der Waals surface area contributed by atoms with Crippen LogP contribution >= 0.6 is 0 Å². The summed E-state index contributed by atoms with van der Waals surface area (Å²) >= 11 is 0. The third-order valence-electron chi connectivity index (χ3n) is 7.61. The van der Waals surface area contributed by atoms with Gasteiger partial charge in [-0.3, -0.25) is 14.5 Å². The molecule has 0 saturated carbocycles. The van der Waals surface area contributed by atoms with Crippen LogP contribution in [0.2, 0.25) is 0 Å². The standard InChI is InChI=1S/C32H34N2O5/c1-6-29(36)34-25-10-8-7-9-23(25)33-24-15-21(22-17-27(37-3)32(39-5)28(18-22)38-4)16-26(35)30(24)31(34)20-13-11-19(2)12-14-20/h7-14,17-18,21,31,33H,6,15-16H2,1-5H3/t21-,31+/m0/s1. The van der Waals surface area contributed by atoms with Gasteiger partial charge >= 0.3 is 0 Å². The van der Waals surface area contributed by atoms with Crippen LogP contribution in [0, 0.1) is 6.92 Å². The van der Waals surface area contributed by atoms with E-state index in [1.165, 1.54) is 0 Å². The van der Waals surface area contributed by atoms with E-state index in [9.17, 15) is 9.59 Å². The number of nitrogens with zero attached hydrogens (tertiary/aromatic N) is 1. The number of carbonyl (C=O) groups excluding carboxylic acids is 2. The molecule has 0 saturated heterocycles. The average molecular weight is 527 g/mol. The van der Waals surface area contributed by atoms with E-state index in [0.29, 0.717) is 42.1 Å². The van der Waals surface area contributed by atoms with E-state index >= 15 is 0 Å². The monoisotopic (exact) mass is 526 g/mol. The molecule has 0 fully saturated rings. The highest BCUT2D eigenvalue weighted by molar-refractivity contribution is 6.06. The maximum atomic E-state index is 14.1. The van der Waals surface area contributed by atoms with Gasteiger partial charge in [-0.05, 0) is 54.7 Å². The van der Waals surface area contributed by atoms with E-state index in [1.807, 2.05) is 74.5 Å². The van der Waals surface area contributed by atoms with E-state index in [-0.39, 0.29) is 17.6 Å². The van der Waals surface area contributed by atoms with E-state index in [1.54, 1.807) is 26.2 Å². The summed E-state index contributed by atoms with van der Waals surface area (Å²) in [6.07, 6.45) is 1.21. The second-order valence-corrected chi connectivity index (χ2v) is 9.95. The van der Waals surface area contributed by atoms with Crippen LogP contribution in [-0.2, 0) is 9.59 Å². The van der Waals surface area contributed by atoms with Crippen molar-refractivity contribution in [1.82, 2.24) is 0 Å². The predicted molar refractivity (Wildman–Crippen MR) is 152 cm³/mol. The third-order valence-corrected chi connectivity index (χ3v) is 7.61. The summed E-state index contributed by atoms with van der Waals surface area (Å²) in [5.41, 5.74) is 5.99. The Labute approximate surface area is 229 Å². The Morgan fingerprint density at radius 1 is 0.923 bits per heavy atom. The van der Waals surface area contributed by atoms with Crippen LogP contribution in [0.15, 0.2) is 71.9 Å². The zero-order chi connectivity index (χ0) is 27.7. The Kier molecular flexibility index (Phi) is 7.33. The maximum absolute atomic E-state index is 14.1. The fourth-order valence-electron chi connectivity index (χ4n) is 5.67. The molecule has 7 heteroatoms. The van der Waals surface area contributed by atoms with Gasteiger partial charge in [0.15, 0.2) is 17.3 Å². The van der Waals surface area contributed by atoms with Crippen LogP contribution in [0.4, 0.5) is 11.4 Å². The third kappa shape index (κ3) is 4.73. The van der Waals surface area contributed by atoms with Gasteiger partial charge in [0, 0.05) is 24.1 Å². The van der Waals surface area contributed by atoms with Gasteiger partial charge in [0.25, 0.3) is 0 Å². The van der Waals surface area contributed by atoms with E-state index in [4.69, 9.17) is 14.2 Å². The number of fused-ring (bicyclic) bond motifs is 1. The van der Waals surface area contributed by atoms with Crippen molar-refractivity contribution in [2.24, 2.45) is 0 Å². The summed E-state index contributed by atoms with van der Waals surface area (Å²) in [7, 11) is 4.74. The molecule has 1 aliphatic carbocycles. The molecule has 0 radical (unpaired) electrons. The molecule has 2 atom stereocenters. The number of methoxy groups -OCH3 is 3. The first-order chi connectivity index (χ1) is 18.9. The molecule has 1 amide bonds. The summed E-state index contributed by atoms with van der Waals surface area (Å²) in [5, 5.41) is 3.57. The lowest BCUT2D eigenvalue weighted by Gasteiger charge is -2.35. The van der Waals surface area contributed by atoms with Crippen LogP contribution < -0.4 is 24.4 Å². The molecular weight excluding hydrogens is 492 g/mol. The molecule has 5 rings (SSSR count). The second kappa shape index (κ2) is 10.8. The molecule has 1 heterocycles. The highest BCUT2D eigenvalue weighted by Crippen LogP contribution is 2.49. The molecular formula is C32H34N2O5. The van der Waals surface area contributed by atoms with E-state index in [0.717, 1.165) is 33.8 Å². The van der Waals surface area contributed by atoms with Gasteiger partial charge in [-0.1, -0.05) is 48.9 Å². The van der Waals surface area contributed by atoms with Crippen molar-refractivity contribution in [3.63, 3.8) is 0 Å². The minimum atomic E-state index is -0.530. The number of rotatable bonds is 6. The Balaban J connectivity index is 1.68. The smallest absolute Gasteiger partial charge is 0.227 e. The topological polar surface area (TPSA) is 77.1 Å². The number of anilines is 2. The number of allylic oxidation sites excluding steroid dienone is 1. The Morgan fingerprint density at radius 2 is 1.59 bits per heavy atom. The van der Waals surface area contributed by atoms with Crippen molar-refractivity contribution in [1.29, 1.82) is 0 Å². The molecule has 1 aliphatic heterocycles. The number of Topliss-reactive ketones (excluding diaryl/α,β-unsaturated/α-hetero) is 1. The largest absolute Gasteiger partial charge is 0.493 e. The van der Waals surface area contributed by atoms with Gasteiger partial charge in [-0.25, -0.2) is 0 Å². The average Bonchev–Trinajstić information content (AvgIpc) is 3.11. The minimum absolute atomic E-state index is 0.00906. The number of para-hydroxylation sites is 2. The van der Waals surface area contributed by atoms with E-state index in [2.05, 4.69) is 5.32 Å². The molecule has 1 N–H and O–H groups in total. The number of benzene rings is 3. The van der Waals surface area contributed by atoms with E-state index < -0.39 is 6.04 Å². The van der Waals surface area contributed by atoms with Crippen molar-refractivity contribution in [2.45, 2.75) is 45.1 Å². The number of amides is 1. The first-order valence-electron chi connectivity index (χ1n) is 13.2. The van der Waals surface area contributed by atoms with Crippen LogP contribution in [0.5, 0.6) is 17.2 Å². The van der Waals surface area contributed by atoms with Gasteiger partial charge in [0.2, 0.25) is 11.7 Å². The number of carbonyl (C=O) groups is 2. The lowest BCUT2D eigenvalue weighted by atomic mass is 9.78. The summed E-state index contributed by atoms with van der Waals surface area (Å²) in [5.74, 6) is 1.47. The molecule has 39 heavy (non-hydrogen) atoms. The molecule has 0 aromatic heterocycles. The molecule has 3 aromatic carbocycles. The lowest BCUT2D eigenvalue weighted by Crippen LogP contribution is -2.38. The van der Waals surface area contributed by atoms with Crippen molar-refractivity contribution < 1.29 is 23.8 Å². The van der Waals surface area contributed by atoms with Gasteiger partial charge in [-0.15, -0.1) is 0 Å². The number of ether oxygens (including phenoxy) is 3. The maximum Gasteiger partial charge on any atom is 0.227 e. The zero-order valence-corrected chi connectivity index (χ0v) is 23.0. The molecule has 0 unspecified atom stereocenters. The highest BCUT2D eigenvalue weighted by Gasteiger charge is 2.41. The molecule has 0 bridgehead atoms. The number of hydrogen-bond acceptors (Lipinski definition) is 6. The number of ketones is 1. The van der Waals surface area contributed by atoms with Crippen molar-refractivity contribution >= 4 is 23.1 Å². The van der Waals surface area contributed by atoms with Crippen LogP contribution in [0.25, 0.3) is 0 Å². The summed E-state index contributed by atoms with van der Waals surface area (Å²) in [6.45, 7) is 3.88. The lowest BCUT2D eigenvalue weighted by molar-refractivity contribution is -0.119. The van der Waals surface area contributed by atoms with Gasteiger partial charge in [0.1, 0.15) is 0 Å². The van der Waals surface area contributed by atoms with Crippen molar-refractivity contribution in [3.8, 4) is 17.2 Å².